The van der Waals surface area contributed by atoms with Crippen LogP contribution in [0.5, 0.6) is 0 Å². The van der Waals surface area contributed by atoms with Crippen LogP contribution < -0.4 is 0 Å². The van der Waals surface area contributed by atoms with Crippen molar-refractivity contribution in [3.8, 4) is 11.1 Å². The normalized spacial score (nSPS) is 13.0. The van der Waals surface area contributed by atoms with Crippen molar-refractivity contribution in [2.75, 3.05) is 6.61 Å². The zero-order valence-corrected chi connectivity index (χ0v) is 19.4. The fourth-order valence-corrected chi connectivity index (χ4v) is 5.42. The van der Waals surface area contributed by atoms with E-state index in [1.807, 2.05) is 6.92 Å². The van der Waals surface area contributed by atoms with Crippen molar-refractivity contribution in [1.82, 2.24) is 0 Å². The number of ether oxygens (including phenoxy) is 1. The molecule has 0 saturated carbocycles. The van der Waals surface area contributed by atoms with Crippen molar-refractivity contribution < 1.29 is 9.53 Å². The van der Waals surface area contributed by atoms with Crippen molar-refractivity contribution in [1.29, 1.82) is 0 Å². The van der Waals surface area contributed by atoms with E-state index in [0.29, 0.717) is 6.61 Å². The topological polar surface area (TPSA) is 26.3 Å². The molecule has 0 spiro atoms. The number of thioether (sulfide) groups is 1. The molecule has 1 aliphatic carbocycles. The van der Waals surface area contributed by atoms with Crippen molar-refractivity contribution in [3.63, 3.8) is 0 Å². The summed E-state index contributed by atoms with van der Waals surface area (Å²) < 4.78 is 5.38. The Morgan fingerprint density at radius 3 is 2.37 bits per heavy atom. The Hall–Kier alpha value is -1.74. The van der Waals surface area contributed by atoms with Crippen LogP contribution in [0.25, 0.3) is 11.1 Å². The summed E-state index contributed by atoms with van der Waals surface area (Å²) in [6.45, 7) is 4.60. The molecule has 1 atom stereocenters. The fourth-order valence-electron chi connectivity index (χ4n) is 4.28. The van der Waals surface area contributed by atoms with Crippen molar-refractivity contribution in [2.24, 2.45) is 0 Å². The molecular formula is C27H36O2S. The summed E-state index contributed by atoms with van der Waals surface area (Å²) in [5.74, 6) is -0.0609. The van der Waals surface area contributed by atoms with Crippen LogP contribution in [0.3, 0.4) is 0 Å². The minimum Gasteiger partial charge on any atom is -0.465 e. The lowest BCUT2D eigenvalue weighted by molar-refractivity contribution is -0.142. The van der Waals surface area contributed by atoms with Gasteiger partial charge in [0.25, 0.3) is 0 Å². The molecule has 0 N–H and O–H groups in total. The van der Waals surface area contributed by atoms with Gasteiger partial charge in [-0.25, -0.2) is 0 Å². The van der Waals surface area contributed by atoms with E-state index >= 15 is 0 Å². The maximum absolute atomic E-state index is 12.6. The Labute approximate surface area is 186 Å². The fraction of sp³-hybridized carbons (Fsp3) is 0.519. The van der Waals surface area contributed by atoms with Gasteiger partial charge in [0.2, 0.25) is 0 Å². The Kier molecular flexibility index (Phi) is 9.32. The maximum Gasteiger partial charge on any atom is 0.319 e. The molecular weight excluding hydrogens is 388 g/mol. The number of hydrogen-bond donors (Lipinski definition) is 0. The Morgan fingerprint density at radius 1 is 0.900 bits per heavy atom. The van der Waals surface area contributed by atoms with Gasteiger partial charge in [0.05, 0.1) is 6.61 Å². The van der Waals surface area contributed by atoms with Crippen LogP contribution in [0, 0.1) is 0 Å². The van der Waals surface area contributed by atoms with Crippen molar-refractivity contribution >= 4 is 17.7 Å². The van der Waals surface area contributed by atoms with Gasteiger partial charge in [-0.3, -0.25) is 4.79 Å². The number of esters is 1. The summed E-state index contributed by atoms with van der Waals surface area (Å²) in [7, 11) is 0. The second-order valence-electron chi connectivity index (χ2n) is 8.27. The molecule has 0 radical (unpaired) electrons. The van der Waals surface area contributed by atoms with Gasteiger partial charge in [-0.05, 0) is 54.2 Å². The summed E-state index contributed by atoms with van der Waals surface area (Å²) in [5.41, 5.74) is 5.46. The molecule has 162 valence electrons. The highest BCUT2D eigenvalue weighted by Gasteiger charge is 2.23. The van der Waals surface area contributed by atoms with Crippen LogP contribution in [0.1, 0.15) is 82.8 Å². The van der Waals surface area contributed by atoms with E-state index in [4.69, 9.17) is 4.74 Å². The van der Waals surface area contributed by atoms with Crippen LogP contribution in [0.4, 0.5) is 0 Å². The van der Waals surface area contributed by atoms with E-state index in [0.717, 1.165) is 19.3 Å². The van der Waals surface area contributed by atoms with Crippen molar-refractivity contribution in [3.05, 3.63) is 53.6 Å². The molecule has 0 aliphatic heterocycles. The van der Waals surface area contributed by atoms with Gasteiger partial charge in [-0.15, -0.1) is 11.8 Å². The largest absolute Gasteiger partial charge is 0.465 e. The Bertz CT molecular complexity index is 814. The Balaban J connectivity index is 1.54. The zero-order chi connectivity index (χ0) is 21.2. The smallest absolute Gasteiger partial charge is 0.319 e. The van der Waals surface area contributed by atoms with E-state index in [2.05, 4.69) is 49.4 Å². The third kappa shape index (κ3) is 6.38. The molecule has 3 rings (SSSR count). The number of hydrogen-bond acceptors (Lipinski definition) is 3. The number of carbonyl (C=O) groups is 1. The van der Waals surface area contributed by atoms with E-state index in [-0.39, 0.29) is 11.2 Å². The van der Waals surface area contributed by atoms with Crippen LogP contribution >= 0.6 is 11.8 Å². The monoisotopic (exact) mass is 424 g/mol. The first-order chi connectivity index (χ1) is 14.7. The van der Waals surface area contributed by atoms with Gasteiger partial charge in [-0.2, -0.15) is 0 Å². The van der Waals surface area contributed by atoms with E-state index in [9.17, 15) is 4.79 Å². The lowest BCUT2D eigenvalue weighted by atomic mass is 10.1. The summed E-state index contributed by atoms with van der Waals surface area (Å²) >= 11 is 1.68. The highest BCUT2D eigenvalue weighted by molar-refractivity contribution is 8.00. The third-order valence-electron chi connectivity index (χ3n) is 5.91. The summed E-state index contributed by atoms with van der Waals surface area (Å²) in [5, 5.41) is -0.105. The highest BCUT2D eigenvalue weighted by atomic mass is 32.2. The molecule has 30 heavy (non-hydrogen) atoms. The van der Waals surface area contributed by atoms with Gasteiger partial charge < -0.3 is 4.74 Å². The van der Waals surface area contributed by atoms with Crippen molar-refractivity contribution in [2.45, 2.75) is 88.2 Å². The number of rotatable bonds is 13. The summed E-state index contributed by atoms with van der Waals surface area (Å²) in [6, 6.07) is 15.3. The summed E-state index contributed by atoms with van der Waals surface area (Å²) in [6.07, 6.45) is 12.2. The lowest BCUT2D eigenvalue weighted by Gasteiger charge is -2.16. The van der Waals surface area contributed by atoms with Crippen LogP contribution in [0.15, 0.2) is 47.4 Å². The van der Waals surface area contributed by atoms with E-state index in [1.54, 1.807) is 11.8 Å². The number of carbonyl (C=O) groups excluding carboxylic acids is 1. The summed E-state index contributed by atoms with van der Waals surface area (Å²) in [4.78, 5) is 13.7. The minimum atomic E-state index is -0.105. The molecule has 2 nitrogen and oxygen atoms in total. The second-order valence-corrected chi connectivity index (χ2v) is 9.55. The molecule has 0 aromatic heterocycles. The van der Waals surface area contributed by atoms with Crippen LogP contribution in [-0.4, -0.2) is 17.8 Å². The van der Waals surface area contributed by atoms with Gasteiger partial charge in [0.1, 0.15) is 5.25 Å². The first-order valence-electron chi connectivity index (χ1n) is 11.8. The first-order valence-corrected chi connectivity index (χ1v) is 12.7. The van der Waals surface area contributed by atoms with Gasteiger partial charge in [0.15, 0.2) is 0 Å². The maximum atomic E-state index is 12.6. The molecule has 0 saturated heterocycles. The molecule has 3 heteroatoms. The minimum absolute atomic E-state index is 0.0609. The van der Waals surface area contributed by atoms with Crippen LogP contribution in [-0.2, 0) is 16.0 Å². The molecule has 1 unspecified atom stereocenters. The number of fused-ring (bicyclic) bond motifs is 3. The molecule has 0 bridgehead atoms. The van der Waals surface area contributed by atoms with Gasteiger partial charge in [-0.1, -0.05) is 88.6 Å². The van der Waals surface area contributed by atoms with E-state index < -0.39 is 0 Å². The van der Waals surface area contributed by atoms with Gasteiger partial charge >= 0.3 is 5.97 Å². The molecule has 1 aliphatic rings. The van der Waals surface area contributed by atoms with Crippen LogP contribution in [0.2, 0.25) is 0 Å². The SMILES string of the molecule is CCCCCCCCCCC(Sc1ccc2c(c1)Cc1ccccc1-2)C(=O)OCC. The molecule has 0 fully saturated rings. The standard InChI is InChI=1S/C27H36O2S/c1-3-5-6-7-8-9-10-11-16-26(27(28)29-4-2)30-23-17-18-25-22(20-23)19-21-14-12-13-15-24(21)25/h12-15,17-18,20,26H,3-11,16,19H2,1-2H3. The highest BCUT2D eigenvalue weighted by Crippen LogP contribution is 2.39. The quantitative estimate of drug-likeness (QED) is 0.159. The number of unbranched alkanes of at least 4 members (excludes halogenated alkanes) is 7. The molecule has 0 amide bonds. The molecule has 0 heterocycles. The number of benzene rings is 2. The second kappa shape index (κ2) is 12.2. The van der Waals surface area contributed by atoms with E-state index in [1.165, 1.54) is 72.1 Å². The lowest BCUT2D eigenvalue weighted by Crippen LogP contribution is -2.20. The molecule has 2 aromatic rings. The third-order valence-corrected chi connectivity index (χ3v) is 7.15. The predicted octanol–water partition coefficient (Wildman–Crippen LogP) is 7.81. The van der Waals surface area contributed by atoms with Gasteiger partial charge in [0, 0.05) is 4.90 Å². The average molecular weight is 425 g/mol. The zero-order valence-electron chi connectivity index (χ0n) is 18.6. The first kappa shape index (κ1) is 22.9. The molecule has 2 aromatic carbocycles. The Morgan fingerprint density at radius 2 is 1.60 bits per heavy atom. The predicted molar refractivity (Wildman–Crippen MR) is 128 cm³/mol. The average Bonchev–Trinajstić information content (AvgIpc) is 3.12.